The lowest BCUT2D eigenvalue weighted by atomic mass is 9.91. The number of rotatable bonds is 10. The van der Waals surface area contributed by atoms with Crippen LogP contribution in [0.5, 0.6) is 5.75 Å². The number of ether oxygens (including phenoxy) is 3. The van der Waals surface area contributed by atoms with E-state index in [2.05, 4.69) is 13.8 Å². The Morgan fingerprint density at radius 1 is 1.04 bits per heavy atom. The number of aromatic nitrogens is 2. The molecule has 1 saturated heterocycles. The van der Waals surface area contributed by atoms with Crippen molar-refractivity contribution in [1.82, 2.24) is 19.4 Å². The lowest BCUT2D eigenvalue weighted by Crippen LogP contribution is -2.58. The molecule has 0 saturated carbocycles. The molecule has 11 heteroatoms. The van der Waals surface area contributed by atoms with Crippen molar-refractivity contribution in [2.24, 2.45) is 11.8 Å². The Hall–Kier alpha value is -4.12. The summed E-state index contributed by atoms with van der Waals surface area (Å²) in [5.41, 5.74) is 1.65. The molecule has 1 unspecified atom stereocenters. The molecular formula is C36H49N5O6. The van der Waals surface area contributed by atoms with Crippen LogP contribution >= 0.6 is 0 Å². The number of likely N-dealkylation sites (tertiary alicyclic amines) is 1. The highest BCUT2D eigenvalue weighted by Gasteiger charge is 2.42. The fourth-order valence-electron chi connectivity index (χ4n) is 6.47. The maximum atomic E-state index is 14.7. The molecule has 11 nitrogen and oxygen atoms in total. The monoisotopic (exact) mass is 647 g/mol. The summed E-state index contributed by atoms with van der Waals surface area (Å²) in [5, 5.41) is 0. The Balaban J connectivity index is 1.50. The number of amides is 3. The molecule has 2 aliphatic rings. The Bertz CT molecular complexity index is 1560. The normalized spacial score (nSPS) is 18.2. The molecule has 2 aromatic carbocycles. The van der Waals surface area contributed by atoms with Gasteiger partial charge in [-0.3, -0.25) is 9.59 Å². The zero-order valence-corrected chi connectivity index (χ0v) is 28.6. The van der Waals surface area contributed by atoms with Gasteiger partial charge in [0.15, 0.2) is 5.82 Å². The van der Waals surface area contributed by atoms with Gasteiger partial charge in [0.25, 0.3) is 5.91 Å². The highest BCUT2D eigenvalue weighted by Crippen LogP contribution is 2.34. The Kier molecular flexibility index (Phi) is 10.7. The smallest absolute Gasteiger partial charge is 0.410 e. The largest absolute Gasteiger partial charge is 0.490 e. The fraction of sp³-hybridized carbons (Fsp3) is 0.556. The number of piperidine rings is 1. The minimum atomic E-state index is -0.714. The van der Waals surface area contributed by atoms with Crippen LogP contribution in [0.2, 0.25) is 0 Å². The second-order valence-electron chi connectivity index (χ2n) is 13.9. The van der Waals surface area contributed by atoms with Crippen LogP contribution in [0.3, 0.4) is 0 Å². The summed E-state index contributed by atoms with van der Waals surface area (Å²) in [4.78, 5) is 52.6. The van der Waals surface area contributed by atoms with E-state index in [9.17, 15) is 14.4 Å². The topological polar surface area (TPSA) is 106 Å². The number of methoxy groups -OCH3 is 1. The van der Waals surface area contributed by atoms with Crippen LogP contribution in [0.4, 0.5) is 10.5 Å². The van der Waals surface area contributed by atoms with Gasteiger partial charge in [0.1, 0.15) is 18.0 Å². The summed E-state index contributed by atoms with van der Waals surface area (Å²) in [7, 11) is 1.69. The number of unbranched alkanes of at least 4 members (excludes halogenated alkanes) is 1. The van der Waals surface area contributed by atoms with Gasteiger partial charge in [-0.2, -0.15) is 0 Å². The first-order valence-electron chi connectivity index (χ1n) is 16.7. The van der Waals surface area contributed by atoms with E-state index in [1.165, 1.54) is 0 Å². The zero-order valence-electron chi connectivity index (χ0n) is 28.6. The molecule has 3 heterocycles. The summed E-state index contributed by atoms with van der Waals surface area (Å²) >= 11 is 0. The van der Waals surface area contributed by atoms with Crippen molar-refractivity contribution < 1.29 is 28.6 Å². The van der Waals surface area contributed by atoms with E-state index in [0.717, 1.165) is 23.9 Å². The predicted octanol–water partition coefficient (Wildman–Crippen LogP) is 5.61. The van der Waals surface area contributed by atoms with Crippen LogP contribution in [0.1, 0.15) is 64.5 Å². The summed E-state index contributed by atoms with van der Waals surface area (Å²) in [6.45, 7) is 12.6. The number of benzene rings is 2. The number of nitrogens with zero attached hydrogens (tertiary/aromatic N) is 5. The Labute approximate surface area is 277 Å². The van der Waals surface area contributed by atoms with Crippen LogP contribution in [0.15, 0.2) is 48.5 Å². The molecule has 1 aromatic heterocycles. The zero-order chi connectivity index (χ0) is 33.7. The van der Waals surface area contributed by atoms with Crippen LogP contribution in [-0.2, 0) is 20.8 Å². The van der Waals surface area contributed by atoms with E-state index >= 15 is 0 Å². The van der Waals surface area contributed by atoms with Crippen LogP contribution in [0.25, 0.3) is 11.0 Å². The van der Waals surface area contributed by atoms with E-state index in [-0.39, 0.29) is 30.8 Å². The predicted molar refractivity (Wildman–Crippen MR) is 181 cm³/mol. The minimum Gasteiger partial charge on any atom is -0.490 e. The van der Waals surface area contributed by atoms with Crippen LogP contribution < -0.4 is 9.64 Å². The summed E-state index contributed by atoms with van der Waals surface area (Å²) in [6.07, 6.45) is 1.59. The molecule has 47 heavy (non-hydrogen) atoms. The van der Waals surface area contributed by atoms with Crippen LogP contribution in [-0.4, -0.2) is 95.4 Å². The third-order valence-electron chi connectivity index (χ3n) is 8.51. The lowest BCUT2D eigenvalue weighted by molar-refractivity contribution is -0.125. The van der Waals surface area contributed by atoms with Gasteiger partial charge < -0.3 is 33.5 Å². The number of hydrogen-bond acceptors (Lipinski definition) is 7. The van der Waals surface area contributed by atoms with Crippen molar-refractivity contribution in [3.63, 3.8) is 0 Å². The van der Waals surface area contributed by atoms with Gasteiger partial charge in [-0.05, 0) is 70.2 Å². The first-order chi connectivity index (χ1) is 22.5. The number of anilines is 1. The number of imidazole rings is 1. The molecule has 2 aliphatic heterocycles. The van der Waals surface area contributed by atoms with E-state index in [1.54, 1.807) is 16.9 Å². The number of carbonyl (C=O) groups is 3. The van der Waals surface area contributed by atoms with Crippen molar-refractivity contribution in [3.8, 4) is 5.75 Å². The van der Waals surface area contributed by atoms with Gasteiger partial charge in [0.05, 0.1) is 35.2 Å². The Morgan fingerprint density at radius 3 is 2.53 bits per heavy atom. The number of aryl methyl sites for hydroxylation is 1. The van der Waals surface area contributed by atoms with Crippen LogP contribution in [0, 0.1) is 11.8 Å². The quantitative estimate of drug-likeness (QED) is 0.263. The summed E-state index contributed by atoms with van der Waals surface area (Å²) < 4.78 is 18.9. The van der Waals surface area contributed by atoms with E-state index in [1.807, 2.05) is 78.8 Å². The number of carbonyl (C=O) groups excluding carboxylic acids is 3. The van der Waals surface area contributed by atoms with E-state index in [0.29, 0.717) is 56.5 Å². The standard InChI is InChI=1S/C36H49N5O6/c1-25(2)22-41(34(43)32-37-28-13-7-8-14-29(28)39(32)17-11-12-19-45-6)27-21-26(23-38(24-27)35(44)47-36(3,4)5)33(42)40-18-20-46-31-16-10-9-15-30(31)40/h7-10,13-16,25-27H,11-12,17-24H2,1-6H3/t26?,27-/m0/s1. The van der Waals surface area contributed by atoms with Gasteiger partial charge in [-0.25, -0.2) is 9.78 Å². The maximum Gasteiger partial charge on any atom is 0.410 e. The van der Waals surface area contributed by atoms with Crippen molar-refractivity contribution in [3.05, 3.63) is 54.4 Å². The summed E-state index contributed by atoms with van der Waals surface area (Å²) in [6, 6.07) is 14.9. The van der Waals surface area contributed by atoms with Gasteiger partial charge in [-0.1, -0.05) is 38.1 Å². The average molecular weight is 648 g/mol. The minimum absolute atomic E-state index is 0.0960. The first-order valence-corrected chi connectivity index (χ1v) is 16.7. The second-order valence-corrected chi connectivity index (χ2v) is 13.9. The van der Waals surface area contributed by atoms with Crippen molar-refractivity contribution in [1.29, 1.82) is 0 Å². The van der Waals surface area contributed by atoms with Crippen molar-refractivity contribution in [2.45, 2.75) is 72.1 Å². The first kappa shape index (κ1) is 34.2. The average Bonchev–Trinajstić information content (AvgIpc) is 3.42. The molecular weight excluding hydrogens is 598 g/mol. The van der Waals surface area contributed by atoms with Gasteiger partial charge in [0, 0.05) is 39.9 Å². The van der Waals surface area contributed by atoms with Gasteiger partial charge in [-0.15, -0.1) is 0 Å². The maximum absolute atomic E-state index is 14.7. The third kappa shape index (κ3) is 8.06. The molecule has 0 bridgehead atoms. The fourth-order valence-corrected chi connectivity index (χ4v) is 6.47. The van der Waals surface area contributed by atoms with Gasteiger partial charge in [0.2, 0.25) is 5.91 Å². The number of para-hydroxylation sites is 4. The molecule has 0 N–H and O–H groups in total. The molecule has 3 aromatic rings. The van der Waals surface area contributed by atoms with Crippen molar-refractivity contribution >= 4 is 34.6 Å². The SMILES string of the molecule is COCCCCn1c(C(=O)N(CC(C)C)[C@H]2CC(C(=O)N3CCOc4ccccc43)CN(C(=O)OC(C)(C)C)C2)nc2ccccc21. The molecule has 2 atom stereocenters. The highest BCUT2D eigenvalue weighted by atomic mass is 16.6. The molecule has 0 spiro atoms. The molecule has 0 aliphatic carbocycles. The van der Waals surface area contributed by atoms with E-state index < -0.39 is 23.7 Å². The van der Waals surface area contributed by atoms with Gasteiger partial charge >= 0.3 is 6.09 Å². The highest BCUT2D eigenvalue weighted by molar-refractivity contribution is 5.98. The molecule has 1 fully saturated rings. The second kappa shape index (κ2) is 14.8. The third-order valence-corrected chi connectivity index (χ3v) is 8.51. The number of fused-ring (bicyclic) bond motifs is 2. The molecule has 0 radical (unpaired) electrons. The summed E-state index contributed by atoms with van der Waals surface area (Å²) in [5.74, 6) is 0.299. The molecule has 3 amide bonds. The van der Waals surface area contributed by atoms with E-state index in [4.69, 9.17) is 19.2 Å². The molecule has 254 valence electrons. The Morgan fingerprint density at radius 2 is 1.79 bits per heavy atom. The van der Waals surface area contributed by atoms with Crippen molar-refractivity contribution in [2.75, 3.05) is 51.4 Å². The lowest BCUT2D eigenvalue weighted by Gasteiger charge is -2.44. The number of hydrogen-bond donors (Lipinski definition) is 0. The molecule has 5 rings (SSSR count).